The van der Waals surface area contributed by atoms with Crippen molar-refractivity contribution in [2.45, 2.75) is 0 Å². The molecule has 2 aromatic carbocycles. The lowest BCUT2D eigenvalue weighted by molar-refractivity contribution is 0.394. The molecule has 2 heterocycles. The smallest absolute Gasteiger partial charge is 0.171 e. The van der Waals surface area contributed by atoms with E-state index in [1.807, 2.05) is 12.1 Å². The molecule has 0 aliphatic heterocycles. The molecule has 0 atom stereocenters. The molecule has 7 heteroatoms. The van der Waals surface area contributed by atoms with Gasteiger partial charge < -0.3 is 9.47 Å². The summed E-state index contributed by atoms with van der Waals surface area (Å²) >= 11 is 0. The second-order valence-corrected chi connectivity index (χ2v) is 5.22. The third kappa shape index (κ3) is 2.21. The summed E-state index contributed by atoms with van der Waals surface area (Å²) in [5, 5.41) is 9.04. The Morgan fingerprint density at radius 2 is 1.71 bits per heavy atom. The van der Waals surface area contributed by atoms with E-state index in [2.05, 4.69) is 15.2 Å². The fourth-order valence-electron chi connectivity index (χ4n) is 2.64. The number of hydrogen-bond acceptors (Lipinski definition) is 5. The maximum atomic E-state index is 13.6. The van der Waals surface area contributed by atoms with E-state index in [1.54, 1.807) is 37.1 Å². The molecule has 0 aliphatic rings. The summed E-state index contributed by atoms with van der Waals surface area (Å²) in [6.07, 6.45) is 1.62. The molecule has 4 aromatic rings. The number of halogens is 1. The lowest BCUT2D eigenvalue weighted by Gasteiger charge is -2.07. The maximum absolute atomic E-state index is 13.6. The summed E-state index contributed by atoms with van der Waals surface area (Å²) in [4.78, 5) is 4.35. The van der Waals surface area contributed by atoms with E-state index < -0.39 is 0 Å². The van der Waals surface area contributed by atoms with Gasteiger partial charge in [0.05, 0.1) is 19.7 Å². The number of ether oxygens (including phenoxy) is 2. The van der Waals surface area contributed by atoms with Crippen LogP contribution < -0.4 is 9.47 Å². The van der Waals surface area contributed by atoms with Crippen molar-refractivity contribution in [3.05, 3.63) is 48.5 Å². The number of rotatable bonds is 3. The molecule has 120 valence electrons. The molecule has 0 unspecified atom stereocenters. The first-order valence-corrected chi connectivity index (χ1v) is 7.22. The normalized spacial score (nSPS) is 11.1. The summed E-state index contributed by atoms with van der Waals surface area (Å²) in [7, 11) is 3.16. The molecule has 6 nitrogen and oxygen atoms in total. The highest BCUT2D eigenvalue weighted by molar-refractivity contribution is 5.91. The predicted octanol–water partition coefficient (Wildman–Crippen LogP) is 3.10. The van der Waals surface area contributed by atoms with Crippen LogP contribution in [-0.2, 0) is 0 Å². The zero-order chi connectivity index (χ0) is 16.7. The molecule has 0 fully saturated rings. The number of hydrogen-bond donors (Lipinski definition) is 0. The fraction of sp³-hybridized carbons (Fsp3) is 0.118. The van der Waals surface area contributed by atoms with Crippen LogP contribution in [0.3, 0.4) is 0 Å². The zero-order valence-corrected chi connectivity index (χ0v) is 13.0. The Morgan fingerprint density at radius 1 is 0.958 bits per heavy atom. The van der Waals surface area contributed by atoms with Gasteiger partial charge in [0.2, 0.25) is 0 Å². The molecule has 0 bridgehead atoms. The van der Waals surface area contributed by atoms with Crippen LogP contribution in [0.15, 0.2) is 42.7 Å². The van der Waals surface area contributed by atoms with Crippen molar-refractivity contribution in [1.82, 2.24) is 19.6 Å². The van der Waals surface area contributed by atoms with Crippen LogP contribution in [-0.4, -0.2) is 33.8 Å². The van der Waals surface area contributed by atoms with Gasteiger partial charge in [-0.05, 0) is 30.3 Å². The molecule has 0 radical (unpaired) electrons. The van der Waals surface area contributed by atoms with Gasteiger partial charge in [0.1, 0.15) is 23.6 Å². The van der Waals surface area contributed by atoms with Gasteiger partial charge >= 0.3 is 0 Å². The Kier molecular flexibility index (Phi) is 3.26. The maximum Gasteiger partial charge on any atom is 0.171 e. The largest absolute Gasteiger partial charge is 0.497 e. The van der Waals surface area contributed by atoms with E-state index in [0.717, 1.165) is 5.56 Å². The predicted molar refractivity (Wildman–Crippen MR) is 86.8 cm³/mol. The third-order valence-corrected chi connectivity index (χ3v) is 3.82. The van der Waals surface area contributed by atoms with Gasteiger partial charge in [0.25, 0.3) is 0 Å². The van der Waals surface area contributed by atoms with Crippen LogP contribution in [0.4, 0.5) is 4.39 Å². The van der Waals surface area contributed by atoms with E-state index >= 15 is 0 Å². The molecular weight excluding hydrogens is 311 g/mol. The molecular formula is C17H13FN4O2. The minimum absolute atomic E-state index is 0.343. The summed E-state index contributed by atoms with van der Waals surface area (Å²) in [6, 6.07) is 9.82. The Morgan fingerprint density at radius 3 is 2.42 bits per heavy atom. The van der Waals surface area contributed by atoms with Gasteiger partial charge in [-0.1, -0.05) is 0 Å². The molecule has 2 aromatic heterocycles. The highest BCUT2D eigenvalue weighted by Gasteiger charge is 2.14. The number of aromatic nitrogens is 4. The summed E-state index contributed by atoms with van der Waals surface area (Å²) in [5.41, 5.74) is 1.96. The van der Waals surface area contributed by atoms with E-state index in [0.29, 0.717) is 33.9 Å². The lowest BCUT2D eigenvalue weighted by Crippen LogP contribution is -1.95. The Hall–Kier alpha value is -3.22. The highest BCUT2D eigenvalue weighted by Crippen LogP contribution is 2.30. The summed E-state index contributed by atoms with van der Waals surface area (Å²) < 4.78 is 25.9. The average Bonchev–Trinajstić information content (AvgIpc) is 3.05. The van der Waals surface area contributed by atoms with E-state index in [9.17, 15) is 4.39 Å². The van der Waals surface area contributed by atoms with Gasteiger partial charge in [0.15, 0.2) is 11.5 Å². The second kappa shape index (κ2) is 5.45. The lowest BCUT2D eigenvalue weighted by atomic mass is 10.2. The first-order valence-electron chi connectivity index (χ1n) is 7.22. The van der Waals surface area contributed by atoms with Crippen molar-refractivity contribution in [3.63, 3.8) is 0 Å². The Bertz CT molecular complexity index is 1040. The van der Waals surface area contributed by atoms with Crippen LogP contribution in [0.2, 0.25) is 0 Å². The molecule has 0 aliphatic carbocycles. The number of fused-ring (bicyclic) bond motifs is 3. The number of methoxy groups -OCH3 is 2. The van der Waals surface area contributed by atoms with Crippen molar-refractivity contribution < 1.29 is 13.9 Å². The van der Waals surface area contributed by atoms with E-state index in [1.165, 1.54) is 12.1 Å². The molecule has 0 amide bonds. The quantitative estimate of drug-likeness (QED) is 0.579. The monoisotopic (exact) mass is 324 g/mol. The van der Waals surface area contributed by atoms with Crippen molar-refractivity contribution >= 4 is 16.6 Å². The van der Waals surface area contributed by atoms with Crippen molar-refractivity contribution in [1.29, 1.82) is 0 Å². The van der Waals surface area contributed by atoms with Crippen LogP contribution >= 0.6 is 0 Å². The molecule has 0 spiro atoms. The minimum Gasteiger partial charge on any atom is -0.497 e. The van der Waals surface area contributed by atoms with Crippen molar-refractivity contribution in [2.75, 3.05) is 14.2 Å². The first kappa shape index (κ1) is 14.4. The zero-order valence-electron chi connectivity index (χ0n) is 13.0. The summed E-state index contributed by atoms with van der Waals surface area (Å²) in [5.74, 6) is 1.51. The van der Waals surface area contributed by atoms with Crippen LogP contribution in [0.5, 0.6) is 11.5 Å². The van der Waals surface area contributed by atoms with E-state index in [-0.39, 0.29) is 5.82 Å². The van der Waals surface area contributed by atoms with E-state index in [4.69, 9.17) is 9.47 Å². The molecule has 4 rings (SSSR count). The molecule has 0 N–H and O–H groups in total. The van der Waals surface area contributed by atoms with Crippen molar-refractivity contribution in [2.24, 2.45) is 0 Å². The minimum atomic E-state index is -0.343. The number of nitrogens with zero attached hydrogens (tertiary/aromatic N) is 4. The molecule has 0 saturated carbocycles. The fourth-order valence-corrected chi connectivity index (χ4v) is 2.64. The van der Waals surface area contributed by atoms with Gasteiger partial charge in [-0.3, -0.25) is 4.40 Å². The van der Waals surface area contributed by atoms with Crippen LogP contribution in [0, 0.1) is 5.82 Å². The third-order valence-electron chi connectivity index (χ3n) is 3.82. The van der Waals surface area contributed by atoms with Gasteiger partial charge in [-0.25, -0.2) is 9.37 Å². The number of benzene rings is 2. The topological polar surface area (TPSA) is 61.5 Å². The van der Waals surface area contributed by atoms with Gasteiger partial charge in [-0.15, -0.1) is 10.2 Å². The Labute approximate surface area is 136 Å². The average molecular weight is 324 g/mol. The van der Waals surface area contributed by atoms with Crippen LogP contribution in [0.25, 0.3) is 27.9 Å². The van der Waals surface area contributed by atoms with Gasteiger partial charge in [-0.2, -0.15) is 0 Å². The van der Waals surface area contributed by atoms with Gasteiger partial charge in [0, 0.05) is 17.0 Å². The highest BCUT2D eigenvalue weighted by atomic mass is 19.1. The standard InChI is InChI=1S/C17H13FN4O2/c1-23-12-5-10(6-13(8-12)24-2)16-20-21-17-14-7-11(18)3-4-15(14)19-9-22(16)17/h3-9H,1-2H3. The van der Waals surface area contributed by atoms with Crippen molar-refractivity contribution in [3.8, 4) is 22.9 Å². The first-order chi connectivity index (χ1) is 11.7. The Balaban J connectivity index is 1.98. The molecule has 24 heavy (non-hydrogen) atoms. The SMILES string of the molecule is COc1cc(OC)cc(-c2nnc3c4cc(F)ccc4ncn23)c1. The van der Waals surface area contributed by atoms with Crippen LogP contribution in [0.1, 0.15) is 0 Å². The molecule has 0 saturated heterocycles. The summed E-state index contributed by atoms with van der Waals surface area (Å²) in [6.45, 7) is 0. The second-order valence-electron chi connectivity index (χ2n) is 5.22.